The highest BCUT2D eigenvalue weighted by Gasteiger charge is 2.22. The summed E-state index contributed by atoms with van der Waals surface area (Å²) in [7, 11) is 1.67. The number of hydrogen-bond acceptors (Lipinski definition) is 6. The van der Waals surface area contributed by atoms with Gasteiger partial charge in [-0.3, -0.25) is 9.63 Å². The highest BCUT2D eigenvalue weighted by atomic mass is 79.9. The lowest BCUT2D eigenvalue weighted by Crippen LogP contribution is -2.27. The Balaban J connectivity index is 1.81. The average molecular weight is 513 g/mol. The van der Waals surface area contributed by atoms with E-state index in [0.29, 0.717) is 16.6 Å². The van der Waals surface area contributed by atoms with E-state index >= 15 is 4.39 Å². The minimum absolute atomic E-state index is 0.00402. The van der Waals surface area contributed by atoms with Gasteiger partial charge in [-0.2, -0.15) is 0 Å². The predicted molar refractivity (Wildman–Crippen MR) is 119 cm³/mol. The molecular weight excluding hydrogens is 490 g/mol. The zero-order valence-corrected chi connectivity index (χ0v) is 19.3. The lowest BCUT2D eigenvalue weighted by Gasteiger charge is -2.15. The summed E-state index contributed by atoms with van der Waals surface area (Å²) >= 11 is 3.17. The number of rotatable bonds is 10. The predicted octanol–water partition coefficient (Wildman–Crippen LogP) is 4.42. The molecule has 0 aliphatic rings. The lowest BCUT2D eigenvalue weighted by molar-refractivity contribution is -0.139. The quantitative estimate of drug-likeness (QED) is 0.237. The number of aryl methyl sites for hydroxylation is 1. The number of amides is 1. The third-order valence-electron chi connectivity index (χ3n) is 4.50. The van der Waals surface area contributed by atoms with Crippen LogP contribution in [0, 0.1) is 11.6 Å². The standard InChI is InChI=1S/C21H23BrF2N4O4/c1-4-30-12(2)31-7-8-32-27-21(29)14-10-17-20(25-11-28(17)3)18(24)19(14)26-16-6-5-13(22)9-15(16)23/h5-6,9-12,26H,4,7-8H2,1-3H3,(H,27,29). The van der Waals surface area contributed by atoms with Gasteiger partial charge in [0.05, 0.1) is 42.0 Å². The Morgan fingerprint density at radius 3 is 2.75 bits per heavy atom. The summed E-state index contributed by atoms with van der Waals surface area (Å²) in [5.41, 5.74) is 2.39. The van der Waals surface area contributed by atoms with Gasteiger partial charge in [0.25, 0.3) is 5.91 Å². The summed E-state index contributed by atoms with van der Waals surface area (Å²) < 4.78 is 42.3. The highest BCUT2D eigenvalue weighted by Crippen LogP contribution is 2.32. The first-order valence-electron chi connectivity index (χ1n) is 9.82. The number of fused-ring (bicyclic) bond motifs is 1. The zero-order valence-electron chi connectivity index (χ0n) is 17.7. The maximum absolute atomic E-state index is 15.3. The normalized spacial score (nSPS) is 12.2. The lowest BCUT2D eigenvalue weighted by atomic mass is 10.1. The molecule has 0 aliphatic heterocycles. The van der Waals surface area contributed by atoms with E-state index in [-0.39, 0.29) is 35.7 Å². The molecule has 0 fully saturated rings. The summed E-state index contributed by atoms with van der Waals surface area (Å²) in [4.78, 5) is 22.0. The Bertz CT molecular complexity index is 1110. The fourth-order valence-electron chi connectivity index (χ4n) is 2.96. The molecule has 3 rings (SSSR count). The van der Waals surface area contributed by atoms with Crippen LogP contribution in [0.4, 0.5) is 20.2 Å². The second-order valence-electron chi connectivity index (χ2n) is 6.76. The molecule has 3 aromatic rings. The molecule has 1 unspecified atom stereocenters. The summed E-state index contributed by atoms with van der Waals surface area (Å²) in [6, 6.07) is 5.70. The van der Waals surface area contributed by atoms with E-state index in [1.54, 1.807) is 24.6 Å². The molecular formula is C21H23BrF2N4O4. The number of nitrogens with one attached hydrogen (secondary N) is 2. The largest absolute Gasteiger partial charge is 0.353 e. The number of hydrogen-bond donors (Lipinski definition) is 2. The van der Waals surface area contributed by atoms with Crippen molar-refractivity contribution in [3.05, 3.63) is 52.3 Å². The van der Waals surface area contributed by atoms with Crippen molar-refractivity contribution in [3.63, 3.8) is 0 Å². The number of carbonyl (C=O) groups excluding carboxylic acids is 1. The summed E-state index contributed by atoms with van der Waals surface area (Å²) in [6.45, 7) is 4.32. The van der Waals surface area contributed by atoms with Crippen LogP contribution >= 0.6 is 15.9 Å². The van der Waals surface area contributed by atoms with E-state index in [9.17, 15) is 9.18 Å². The summed E-state index contributed by atoms with van der Waals surface area (Å²) in [5.74, 6) is -2.13. The Labute approximate surface area is 191 Å². The first-order chi connectivity index (χ1) is 15.3. The Morgan fingerprint density at radius 1 is 1.25 bits per heavy atom. The van der Waals surface area contributed by atoms with Crippen molar-refractivity contribution >= 4 is 44.2 Å². The van der Waals surface area contributed by atoms with Crippen molar-refractivity contribution in [2.24, 2.45) is 7.05 Å². The molecule has 1 amide bonds. The number of aromatic nitrogens is 2. The molecule has 172 valence electrons. The van der Waals surface area contributed by atoms with Crippen LogP contribution < -0.4 is 10.8 Å². The van der Waals surface area contributed by atoms with Crippen molar-refractivity contribution in [1.29, 1.82) is 0 Å². The third-order valence-corrected chi connectivity index (χ3v) is 4.99. The third kappa shape index (κ3) is 5.60. The van der Waals surface area contributed by atoms with E-state index in [4.69, 9.17) is 14.3 Å². The summed E-state index contributed by atoms with van der Waals surface area (Å²) in [6.07, 6.45) is 1.02. The second-order valence-corrected chi connectivity index (χ2v) is 7.67. The maximum atomic E-state index is 15.3. The minimum Gasteiger partial charge on any atom is -0.353 e. The molecule has 2 N–H and O–H groups in total. The smallest absolute Gasteiger partial charge is 0.277 e. The number of anilines is 2. The Kier molecular flexibility index (Phi) is 8.13. The van der Waals surface area contributed by atoms with Crippen molar-refractivity contribution in [2.75, 3.05) is 25.1 Å². The molecule has 8 nitrogen and oxygen atoms in total. The Hall–Kier alpha value is -2.60. The van der Waals surface area contributed by atoms with Gasteiger partial charge in [0.2, 0.25) is 0 Å². The van der Waals surface area contributed by atoms with Crippen LogP contribution in [-0.2, 0) is 21.4 Å². The number of ether oxygens (including phenoxy) is 2. The van der Waals surface area contributed by atoms with E-state index in [0.717, 1.165) is 0 Å². The van der Waals surface area contributed by atoms with Crippen LogP contribution in [-0.4, -0.2) is 41.6 Å². The molecule has 1 atom stereocenters. The van der Waals surface area contributed by atoms with Crippen LogP contribution in [0.1, 0.15) is 24.2 Å². The molecule has 0 saturated carbocycles. The van der Waals surface area contributed by atoms with Gasteiger partial charge < -0.3 is 19.4 Å². The molecule has 11 heteroatoms. The van der Waals surface area contributed by atoms with Crippen molar-refractivity contribution in [2.45, 2.75) is 20.1 Å². The van der Waals surface area contributed by atoms with Gasteiger partial charge in [-0.15, -0.1) is 0 Å². The number of carbonyl (C=O) groups is 1. The monoisotopic (exact) mass is 512 g/mol. The van der Waals surface area contributed by atoms with E-state index in [1.807, 2.05) is 6.92 Å². The van der Waals surface area contributed by atoms with E-state index in [1.165, 1.54) is 24.5 Å². The minimum atomic E-state index is -0.788. The van der Waals surface area contributed by atoms with Gasteiger partial charge in [-0.05, 0) is 38.1 Å². The SMILES string of the molecule is CCOC(C)OCCONC(=O)c1cc2c(ncn2C)c(F)c1Nc1ccc(Br)cc1F. The molecule has 32 heavy (non-hydrogen) atoms. The maximum Gasteiger partial charge on any atom is 0.277 e. The highest BCUT2D eigenvalue weighted by molar-refractivity contribution is 9.10. The second kappa shape index (κ2) is 10.8. The molecule has 1 aromatic heterocycles. The van der Waals surface area contributed by atoms with Gasteiger partial charge in [0.1, 0.15) is 11.3 Å². The topological polar surface area (TPSA) is 86.6 Å². The fourth-order valence-corrected chi connectivity index (χ4v) is 3.29. The van der Waals surface area contributed by atoms with Crippen molar-refractivity contribution < 1.29 is 27.9 Å². The number of hydroxylamine groups is 1. The van der Waals surface area contributed by atoms with Crippen LogP contribution in [0.25, 0.3) is 11.0 Å². The number of nitrogens with zero attached hydrogens (tertiary/aromatic N) is 2. The molecule has 2 aromatic carbocycles. The zero-order chi connectivity index (χ0) is 23.3. The summed E-state index contributed by atoms with van der Waals surface area (Å²) in [5, 5.41) is 2.67. The van der Waals surface area contributed by atoms with Gasteiger partial charge in [-0.1, -0.05) is 15.9 Å². The van der Waals surface area contributed by atoms with Crippen LogP contribution in [0.15, 0.2) is 35.1 Å². The van der Waals surface area contributed by atoms with Crippen molar-refractivity contribution in [3.8, 4) is 0 Å². The molecule has 0 spiro atoms. The first-order valence-corrected chi connectivity index (χ1v) is 10.6. The van der Waals surface area contributed by atoms with Gasteiger partial charge in [0, 0.05) is 18.1 Å². The van der Waals surface area contributed by atoms with E-state index < -0.39 is 23.8 Å². The number of halogens is 3. The molecule has 0 saturated heterocycles. The Morgan fingerprint density at radius 2 is 2.03 bits per heavy atom. The average Bonchev–Trinajstić information content (AvgIpc) is 3.12. The van der Waals surface area contributed by atoms with Crippen molar-refractivity contribution in [1.82, 2.24) is 15.0 Å². The molecule has 1 heterocycles. The molecule has 0 radical (unpaired) electrons. The van der Waals surface area contributed by atoms with Gasteiger partial charge in [0.15, 0.2) is 12.1 Å². The van der Waals surface area contributed by atoms with E-state index in [2.05, 4.69) is 31.7 Å². The van der Waals surface area contributed by atoms with Crippen LogP contribution in [0.5, 0.6) is 0 Å². The first kappa shape index (κ1) is 24.1. The fraction of sp³-hybridized carbons (Fsp3) is 0.333. The van der Waals surface area contributed by atoms with Gasteiger partial charge >= 0.3 is 0 Å². The van der Waals surface area contributed by atoms with Gasteiger partial charge in [-0.25, -0.2) is 19.2 Å². The number of imidazole rings is 1. The molecule has 0 bridgehead atoms. The number of benzene rings is 2. The van der Waals surface area contributed by atoms with Crippen LogP contribution in [0.2, 0.25) is 0 Å². The van der Waals surface area contributed by atoms with Crippen LogP contribution in [0.3, 0.4) is 0 Å². The molecule has 0 aliphatic carbocycles.